The lowest BCUT2D eigenvalue weighted by Gasteiger charge is -2.09. The summed E-state index contributed by atoms with van der Waals surface area (Å²) in [5, 5.41) is 12.7. The molecule has 0 unspecified atom stereocenters. The Labute approximate surface area is 97.9 Å². The third kappa shape index (κ3) is 1.76. The van der Waals surface area contributed by atoms with Gasteiger partial charge in [0.1, 0.15) is 17.5 Å². The van der Waals surface area contributed by atoms with Gasteiger partial charge in [0, 0.05) is 13.1 Å². The van der Waals surface area contributed by atoms with Crippen molar-refractivity contribution in [1.29, 1.82) is 5.26 Å². The van der Waals surface area contributed by atoms with Crippen molar-refractivity contribution in [3.63, 3.8) is 0 Å². The van der Waals surface area contributed by atoms with Crippen LogP contribution in [-0.2, 0) is 0 Å². The first-order valence-electron chi connectivity index (χ1n) is 5.55. The molecule has 3 rings (SSSR count). The third-order valence-corrected chi connectivity index (χ3v) is 2.84. The van der Waals surface area contributed by atoms with Crippen LogP contribution in [0.3, 0.4) is 0 Å². The zero-order chi connectivity index (χ0) is 11.7. The molecule has 1 aliphatic rings. The minimum Gasteiger partial charge on any atom is -0.342 e. The Bertz CT molecular complexity index is 558. The number of nitrogens with zero attached hydrogens (tertiary/aromatic N) is 4. The molecule has 1 saturated heterocycles. The molecule has 3 heterocycles. The maximum Gasteiger partial charge on any atom is 0.275 e. The standard InChI is InChI=1S/C11H11N5O/c12-7-8-3-4-9(13-8)10-14-11(15-17-10)16-5-1-2-6-16/h3-4,13H,1-2,5-6H2. The molecule has 0 atom stereocenters. The summed E-state index contributed by atoms with van der Waals surface area (Å²) >= 11 is 0. The molecule has 6 nitrogen and oxygen atoms in total. The fourth-order valence-electron chi connectivity index (χ4n) is 1.96. The summed E-state index contributed by atoms with van der Waals surface area (Å²) < 4.78 is 5.18. The molecule has 86 valence electrons. The van der Waals surface area contributed by atoms with Gasteiger partial charge in [-0.3, -0.25) is 0 Å². The van der Waals surface area contributed by atoms with Gasteiger partial charge in [0.05, 0.1) is 0 Å². The number of H-pyrrole nitrogens is 1. The summed E-state index contributed by atoms with van der Waals surface area (Å²) in [6.45, 7) is 1.96. The van der Waals surface area contributed by atoms with Gasteiger partial charge in [-0.25, -0.2) is 0 Å². The second-order valence-electron chi connectivity index (χ2n) is 3.99. The predicted octanol–water partition coefficient (Wildman–Crippen LogP) is 1.54. The first kappa shape index (κ1) is 9.90. The van der Waals surface area contributed by atoms with Crippen LogP contribution in [0.25, 0.3) is 11.6 Å². The van der Waals surface area contributed by atoms with Crippen LogP contribution < -0.4 is 4.90 Å². The summed E-state index contributed by atoms with van der Waals surface area (Å²) in [6.07, 6.45) is 2.34. The van der Waals surface area contributed by atoms with E-state index in [9.17, 15) is 0 Å². The monoisotopic (exact) mass is 229 g/mol. The summed E-state index contributed by atoms with van der Waals surface area (Å²) in [6, 6.07) is 5.48. The minimum absolute atomic E-state index is 0.424. The van der Waals surface area contributed by atoms with Crippen molar-refractivity contribution in [3.05, 3.63) is 17.8 Å². The molecule has 0 amide bonds. The van der Waals surface area contributed by atoms with E-state index >= 15 is 0 Å². The molecule has 1 aliphatic heterocycles. The topological polar surface area (TPSA) is 81.7 Å². The van der Waals surface area contributed by atoms with Crippen LogP contribution in [0.1, 0.15) is 18.5 Å². The van der Waals surface area contributed by atoms with E-state index in [2.05, 4.69) is 20.0 Å². The molecule has 2 aromatic heterocycles. The Kier molecular flexibility index (Phi) is 2.29. The Morgan fingerprint density at radius 3 is 2.88 bits per heavy atom. The Hall–Kier alpha value is -2.29. The summed E-state index contributed by atoms with van der Waals surface area (Å²) in [5.74, 6) is 1.05. The van der Waals surface area contributed by atoms with Crippen molar-refractivity contribution in [2.24, 2.45) is 0 Å². The zero-order valence-corrected chi connectivity index (χ0v) is 9.18. The molecule has 0 aliphatic carbocycles. The van der Waals surface area contributed by atoms with Crippen LogP contribution in [0.5, 0.6) is 0 Å². The highest BCUT2D eigenvalue weighted by molar-refractivity contribution is 5.51. The van der Waals surface area contributed by atoms with Gasteiger partial charge in [0.2, 0.25) is 0 Å². The number of rotatable bonds is 2. The normalized spacial score (nSPS) is 15.1. The van der Waals surface area contributed by atoms with E-state index in [1.54, 1.807) is 12.1 Å². The summed E-state index contributed by atoms with van der Waals surface area (Å²) in [4.78, 5) is 9.32. The van der Waals surface area contributed by atoms with Crippen molar-refractivity contribution >= 4 is 5.95 Å². The van der Waals surface area contributed by atoms with Gasteiger partial charge < -0.3 is 14.4 Å². The molecular weight excluding hydrogens is 218 g/mol. The predicted molar refractivity (Wildman–Crippen MR) is 60.2 cm³/mol. The first-order chi connectivity index (χ1) is 8.36. The van der Waals surface area contributed by atoms with Crippen molar-refractivity contribution in [2.45, 2.75) is 12.8 Å². The number of aromatic amines is 1. The van der Waals surface area contributed by atoms with E-state index in [-0.39, 0.29) is 0 Å². The van der Waals surface area contributed by atoms with Crippen LogP contribution in [-0.4, -0.2) is 28.2 Å². The fourth-order valence-corrected chi connectivity index (χ4v) is 1.96. The van der Waals surface area contributed by atoms with Crippen molar-refractivity contribution < 1.29 is 4.52 Å². The molecule has 0 bridgehead atoms. The number of anilines is 1. The molecule has 6 heteroatoms. The second-order valence-corrected chi connectivity index (χ2v) is 3.99. The number of hydrogen-bond donors (Lipinski definition) is 1. The molecule has 1 fully saturated rings. The number of nitriles is 1. The van der Waals surface area contributed by atoms with Crippen LogP contribution in [0.4, 0.5) is 5.95 Å². The van der Waals surface area contributed by atoms with Crippen molar-refractivity contribution in [2.75, 3.05) is 18.0 Å². The lowest BCUT2D eigenvalue weighted by atomic mass is 10.4. The highest BCUT2D eigenvalue weighted by atomic mass is 16.5. The van der Waals surface area contributed by atoms with E-state index in [0.717, 1.165) is 13.1 Å². The molecular formula is C11H11N5O. The van der Waals surface area contributed by atoms with E-state index in [0.29, 0.717) is 23.2 Å². The number of aromatic nitrogens is 3. The van der Waals surface area contributed by atoms with Gasteiger partial charge in [-0.2, -0.15) is 10.2 Å². The molecule has 2 aromatic rings. The smallest absolute Gasteiger partial charge is 0.275 e. The number of nitrogens with one attached hydrogen (secondary N) is 1. The molecule has 1 N–H and O–H groups in total. The largest absolute Gasteiger partial charge is 0.342 e. The maximum absolute atomic E-state index is 8.72. The summed E-state index contributed by atoms with van der Waals surface area (Å²) in [7, 11) is 0. The quantitative estimate of drug-likeness (QED) is 0.844. The zero-order valence-electron chi connectivity index (χ0n) is 9.18. The average molecular weight is 229 g/mol. The molecule has 0 aromatic carbocycles. The second kappa shape index (κ2) is 3.94. The lowest BCUT2D eigenvalue weighted by Crippen LogP contribution is -2.18. The fraction of sp³-hybridized carbons (Fsp3) is 0.364. The van der Waals surface area contributed by atoms with Crippen molar-refractivity contribution in [3.8, 4) is 17.7 Å². The van der Waals surface area contributed by atoms with Crippen LogP contribution in [0, 0.1) is 11.3 Å². The van der Waals surface area contributed by atoms with Crippen LogP contribution >= 0.6 is 0 Å². The van der Waals surface area contributed by atoms with Gasteiger partial charge in [-0.05, 0) is 30.1 Å². The maximum atomic E-state index is 8.72. The number of hydrogen-bond acceptors (Lipinski definition) is 5. The van der Waals surface area contributed by atoms with E-state index in [1.807, 2.05) is 6.07 Å². The lowest BCUT2D eigenvalue weighted by molar-refractivity contribution is 0.429. The molecule has 17 heavy (non-hydrogen) atoms. The molecule has 0 radical (unpaired) electrons. The molecule has 0 saturated carbocycles. The van der Waals surface area contributed by atoms with Crippen LogP contribution in [0.15, 0.2) is 16.7 Å². The van der Waals surface area contributed by atoms with Crippen molar-refractivity contribution in [1.82, 2.24) is 15.1 Å². The first-order valence-corrected chi connectivity index (χ1v) is 5.55. The van der Waals surface area contributed by atoms with Gasteiger partial charge in [-0.15, -0.1) is 0 Å². The minimum atomic E-state index is 0.424. The van der Waals surface area contributed by atoms with E-state index < -0.39 is 0 Å². The van der Waals surface area contributed by atoms with E-state index in [1.165, 1.54) is 12.8 Å². The Balaban J connectivity index is 1.86. The van der Waals surface area contributed by atoms with Gasteiger partial charge in [0.15, 0.2) is 0 Å². The highest BCUT2D eigenvalue weighted by Gasteiger charge is 2.19. The SMILES string of the molecule is N#Cc1ccc(-c2nc(N3CCCC3)no2)[nH]1. The van der Waals surface area contributed by atoms with Gasteiger partial charge in [0.25, 0.3) is 11.8 Å². The molecule has 0 spiro atoms. The third-order valence-electron chi connectivity index (χ3n) is 2.84. The average Bonchev–Trinajstić information content (AvgIpc) is 3.09. The highest BCUT2D eigenvalue weighted by Crippen LogP contribution is 2.21. The van der Waals surface area contributed by atoms with Gasteiger partial charge >= 0.3 is 0 Å². The summed E-state index contributed by atoms with van der Waals surface area (Å²) in [5.41, 5.74) is 1.17. The Morgan fingerprint density at radius 2 is 2.18 bits per heavy atom. The van der Waals surface area contributed by atoms with Crippen LogP contribution in [0.2, 0.25) is 0 Å². The van der Waals surface area contributed by atoms with E-state index in [4.69, 9.17) is 9.78 Å². The van der Waals surface area contributed by atoms with Gasteiger partial charge in [-0.1, -0.05) is 0 Å². The Morgan fingerprint density at radius 1 is 1.35 bits per heavy atom.